The predicted molar refractivity (Wildman–Crippen MR) is 61.6 cm³/mol. The fourth-order valence-electron chi connectivity index (χ4n) is 1.79. The van der Waals surface area contributed by atoms with Crippen molar-refractivity contribution in [1.82, 2.24) is 9.80 Å². The number of nitrogens with two attached hydrogens (primary N) is 1. The quantitative estimate of drug-likeness (QED) is 0.661. The SMILES string of the molecule is CN(C)CC=CC(=O)N1CCCC1C(N)=O. The van der Waals surface area contributed by atoms with Gasteiger partial charge in [0.05, 0.1) is 0 Å². The molecule has 1 atom stereocenters. The molecule has 1 aliphatic heterocycles. The van der Waals surface area contributed by atoms with Crippen LogP contribution in [0.4, 0.5) is 0 Å². The average molecular weight is 225 g/mol. The summed E-state index contributed by atoms with van der Waals surface area (Å²) in [5.41, 5.74) is 5.24. The highest BCUT2D eigenvalue weighted by molar-refractivity contribution is 5.92. The molecule has 0 aromatic heterocycles. The van der Waals surface area contributed by atoms with Gasteiger partial charge >= 0.3 is 0 Å². The highest BCUT2D eigenvalue weighted by Gasteiger charge is 2.31. The minimum Gasteiger partial charge on any atom is -0.368 e. The van der Waals surface area contributed by atoms with Crippen LogP contribution in [-0.2, 0) is 9.59 Å². The topological polar surface area (TPSA) is 66.6 Å². The summed E-state index contributed by atoms with van der Waals surface area (Å²) < 4.78 is 0. The van der Waals surface area contributed by atoms with Crippen molar-refractivity contribution in [2.24, 2.45) is 5.73 Å². The molecule has 90 valence electrons. The second kappa shape index (κ2) is 5.65. The molecule has 0 aromatic carbocycles. The summed E-state index contributed by atoms with van der Waals surface area (Å²) in [6.07, 6.45) is 4.84. The van der Waals surface area contributed by atoms with Crippen LogP contribution < -0.4 is 5.73 Å². The maximum atomic E-state index is 11.8. The Morgan fingerprint density at radius 3 is 2.75 bits per heavy atom. The van der Waals surface area contributed by atoms with E-state index in [0.717, 1.165) is 6.42 Å². The predicted octanol–water partition coefficient (Wildman–Crippen LogP) is -0.419. The van der Waals surface area contributed by atoms with Crippen molar-refractivity contribution < 1.29 is 9.59 Å². The second-order valence-electron chi connectivity index (χ2n) is 4.26. The van der Waals surface area contributed by atoms with Crippen molar-refractivity contribution in [3.8, 4) is 0 Å². The molecule has 5 nitrogen and oxygen atoms in total. The minimum absolute atomic E-state index is 0.122. The smallest absolute Gasteiger partial charge is 0.246 e. The molecule has 5 heteroatoms. The van der Waals surface area contributed by atoms with Gasteiger partial charge in [-0.05, 0) is 26.9 Å². The van der Waals surface area contributed by atoms with E-state index in [1.165, 1.54) is 6.08 Å². The summed E-state index contributed by atoms with van der Waals surface area (Å²) in [5, 5.41) is 0. The molecule has 0 saturated carbocycles. The van der Waals surface area contributed by atoms with E-state index in [1.54, 1.807) is 11.0 Å². The standard InChI is InChI=1S/C11H19N3O2/c1-13(2)7-4-6-10(15)14-8-3-5-9(14)11(12)16/h4,6,9H,3,5,7-8H2,1-2H3,(H2,12,16). The summed E-state index contributed by atoms with van der Waals surface area (Å²) in [5.74, 6) is -0.532. The third-order valence-corrected chi connectivity index (χ3v) is 2.60. The van der Waals surface area contributed by atoms with Crippen LogP contribution in [0, 0.1) is 0 Å². The molecule has 0 aliphatic carbocycles. The molecule has 0 spiro atoms. The van der Waals surface area contributed by atoms with Crippen LogP contribution in [0.2, 0.25) is 0 Å². The Morgan fingerprint density at radius 2 is 2.19 bits per heavy atom. The maximum Gasteiger partial charge on any atom is 0.246 e. The molecule has 1 heterocycles. The molecule has 1 saturated heterocycles. The van der Waals surface area contributed by atoms with E-state index in [-0.39, 0.29) is 5.91 Å². The van der Waals surface area contributed by atoms with E-state index in [2.05, 4.69) is 0 Å². The fourth-order valence-corrected chi connectivity index (χ4v) is 1.79. The third-order valence-electron chi connectivity index (χ3n) is 2.60. The van der Waals surface area contributed by atoms with Crippen LogP contribution in [0.25, 0.3) is 0 Å². The van der Waals surface area contributed by atoms with Gasteiger partial charge < -0.3 is 15.5 Å². The number of hydrogen-bond donors (Lipinski definition) is 1. The first-order chi connectivity index (χ1) is 7.52. The van der Waals surface area contributed by atoms with E-state index in [9.17, 15) is 9.59 Å². The van der Waals surface area contributed by atoms with Crippen molar-refractivity contribution >= 4 is 11.8 Å². The summed E-state index contributed by atoms with van der Waals surface area (Å²) in [6, 6.07) is -0.420. The van der Waals surface area contributed by atoms with Gasteiger partial charge in [0.2, 0.25) is 11.8 Å². The van der Waals surface area contributed by atoms with Crippen LogP contribution in [0.3, 0.4) is 0 Å². The van der Waals surface area contributed by atoms with E-state index in [0.29, 0.717) is 19.5 Å². The third kappa shape index (κ3) is 3.34. The fraction of sp³-hybridized carbons (Fsp3) is 0.636. The van der Waals surface area contributed by atoms with Gasteiger partial charge in [0.1, 0.15) is 6.04 Å². The lowest BCUT2D eigenvalue weighted by Gasteiger charge is -2.20. The number of rotatable bonds is 4. The monoisotopic (exact) mass is 225 g/mol. The first-order valence-electron chi connectivity index (χ1n) is 5.43. The zero-order valence-electron chi connectivity index (χ0n) is 9.85. The zero-order valence-corrected chi connectivity index (χ0v) is 9.85. The highest BCUT2D eigenvalue weighted by Crippen LogP contribution is 2.16. The number of carbonyl (C=O) groups is 2. The number of likely N-dealkylation sites (N-methyl/N-ethyl adjacent to an activating group) is 1. The number of primary amides is 1. The van der Waals surface area contributed by atoms with E-state index >= 15 is 0 Å². The molecule has 16 heavy (non-hydrogen) atoms. The largest absolute Gasteiger partial charge is 0.368 e. The van der Waals surface area contributed by atoms with Crippen LogP contribution in [0.15, 0.2) is 12.2 Å². The second-order valence-corrected chi connectivity index (χ2v) is 4.26. The van der Waals surface area contributed by atoms with Crippen LogP contribution in [0.5, 0.6) is 0 Å². The Hall–Kier alpha value is -1.36. The van der Waals surface area contributed by atoms with Gasteiger partial charge in [-0.2, -0.15) is 0 Å². The van der Waals surface area contributed by atoms with E-state index in [4.69, 9.17) is 5.73 Å². The summed E-state index contributed by atoms with van der Waals surface area (Å²) >= 11 is 0. The van der Waals surface area contributed by atoms with Crippen LogP contribution >= 0.6 is 0 Å². The van der Waals surface area contributed by atoms with Crippen molar-refractivity contribution in [3.05, 3.63) is 12.2 Å². The Balaban J connectivity index is 2.53. The number of carbonyl (C=O) groups excluding carboxylic acids is 2. The summed E-state index contributed by atoms with van der Waals surface area (Å²) in [6.45, 7) is 1.33. The van der Waals surface area contributed by atoms with Crippen LogP contribution in [0.1, 0.15) is 12.8 Å². The number of nitrogens with zero attached hydrogens (tertiary/aromatic N) is 2. The van der Waals surface area contributed by atoms with E-state index in [1.807, 2.05) is 19.0 Å². The summed E-state index contributed by atoms with van der Waals surface area (Å²) in [4.78, 5) is 26.4. The first kappa shape index (κ1) is 12.7. The van der Waals surface area contributed by atoms with Gasteiger partial charge in [-0.15, -0.1) is 0 Å². The van der Waals surface area contributed by atoms with Gasteiger partial charge in [-0.25, -0.2) is 0 Å². The molecule has 0 radical (unpaired) electrons. The number of hydrogen-bond acceptors (Lipinski definition) is 3. The van der Waals surface area contributed by atoms with Crippen molar-refractivity contribution in [3.63, 3.8) is 0 Å². The van der Waals surface area contributed by atoms with Crippen molar-refractivity contribution in [1.29, 1.82) is 0 Å². The van der Waals surface area contributed by atoms with Crippen molar-refractivity contribution in [2.45, 2.75) is 18.9 Å². The Morgan fingerprint density at radius 1 is 1.50 bits per heavy atom. The lowest BCUT2D eigenvalue weighted by molar-refractivity contribution is -0.133. The first-order valence-corrected chi connectivity index (χ1v) is 5.43. The average Bonchev–Trinajstić information content (AvgIpc) is 2.65. The highest BCUT2D eigenvalue weighted by atomic mass is 16.2. The van der Waals surface area contributed by atoms with Gasteiger partial charge in [0.25, 0.3) is 0 Å². The molecule has 1 rings (SSSR count). The molecular formula is C11H19N3O2. The van der Waals surface area contributed by atoms with Gasteiger partial charge in [-0.3, -0.25) is 9.59 Å². The molecule has 1 aliphatic rings. The lowest BCUT2D eigenvalue weighted by Crippen LogP contribution is -2.43. The van der Waals surface area contributed by atoms with Crippen molar-refractivity contribution in [2.75, 3.05) is 27.2 Å². The Labute approximate surface area is 95.9 Å². The normalized spacial score (nSPS) is 20.9. The molecule has 2 N–H and O–H groups in total. The molecule has 0 aromatic rings. The van der Waals surface area contributed by atoms with Gasteiger partial charge in [-0.1, -0.05) is 6.08 Å². The Kier molecular flexibility index (Phi) is 4.49. The zero-order chi connectivity index (χ0) is 12.1. The van der Waals surface area contributed by atoms with Gasteiger partial charge in [0, 0.05) is 19.2 Å². The van der Waals surface area contributed by atoms with Gasteiger partial charge in [0.15, 0.2) is 0 Å². The molecule has 0 bridgehead atoms. The lowest BCUT2D eigenvalue weighted by atomic mass is 10.2. The summed E-state index contributed by atoms with van der Waals surface area (Å²) in [7, 11) is 3.85. The van der Waals surface area contributed by atoms with E-state index < -0.39 is 11.9 Å². The maximum absolute atomic E-state index is 11.8. The number of likely N-dealkylation sites (tertiary alicyclic amines) is 1. The molecular weight excluding hydrogens is 206 g/mol. The molecule has 2 amide bonds. The number of amides is 2. The Bertz CT molecular complexity index is 300. The van der Waals surface area contributed by atoms with Crippen LogP contribution in [-0.4, -0.2) is 54.8 Å². The molecule has 1 unspecified atom stereocenters. The minimum atomic E-state index is -0.420. The molecule has 1 fully saturated rings.